The maximum absolute atomic E-state index is 13.4. The monoisotopic (exact) mass is 466 g/mol. The molecule has 0 radical (unpaired) electrons. The first-order valence-corrected chi connectivity index (χ1v) is 12.6. The van der Waals surface area contributed by atoms with Crippen LogP contribution in [0.4, 0.5) is 0 Å². The number of nitrogens with zero attached hydrogens (tertiary/aromatic N) is 1. The van der Waals surface area contributed by atoms with E-state index in [0.717, 1.165) is 23.2 Å². The molecule has 5 rings (SSSR count). The topological polar surface area (TPSA) is 94.6 Å². The molecule has 0 spiro atoms. The number of carbonyl (C=O) groups is 1. The Balaban J connectivity index is 1.47. The van der Waals surface area contributed by atoms with Crippen LogP contribution in [-0.4, -0.2) is 38.6 Å². The maximum Gasteiger partial charge on any atom is 0.264 e. The van der Waals surface area contributed by atoms with Crippen LogP contribution in [0.3, 0.4) is 0 Å². The molecule has 1 aromatic heterocycles. The molecule has 2 fully saturated rings. The van der Waals surface area contributed by atoms with Gasteiger partial charge in [-0.25, -0.2) is 13.1 Å². The van der Waals surface area contributed by atoms with E-state index < -0.39 is 21.3 Å². The second kappa shape index (κ2) is 8.11. The molecule has 3 aromatic rings. The van der Waals surface area contributed by atoms with E-state index in [-0.39, 0.29) is 11.0 Å². The van der Waals surface area contributed by atoms with Crippen molar-refractivity contribution in [1.82, 2.24) is 9.71 Å². The van der Waals surface area contributed by atoms with Crippen LogP contribution in [0.2, 0.25) is 0 Å². The highest BCUT2D eigenvalue weighted by atomic mass is 32.2. The molecule has 1 saturated carbocycles. The van der Waals surface area contributed by atoms with E-state index >= 15 is 0 Å². The molecule has 1 atom stereocenters. The van der Waals surface area contributed by atoms with E-state index in [9.17, 15) is 13.2 Å². The number of hydrogen-bond donors (Lipinski definition) is 1. The van der Waals surface area contributed by atoms with Crippen molar-refractivity contribution in [2.45, 2.75) is 49.5 Å². The van der Waals surface area contributed by atoms with Crippen molar-refractivity contribution in [1.29, 1.82) is 0 Å². The third-order valence-electron chi connectivity index (χ3n) is 6.36. The van der Waals surface area contributed by atoms with E-state index in [1.807, 2.05) is 32.0 Å². The molecule has 2 aromatic carbocycles. The minimum Gasteiger partial charge on any atom is -0.488 e. The predicted octanol–water partition coefficient (Wildman–Crippen LogP) is 3.56. The largest absolute Gasteiger partial charge is 0.488 e. The Bertz CT molecular complexity index is 1340. The van der Waals surface area contributed by atoms with Gasteiger partial charge in [-0.15, -0.1) is 0 Å². The summed E-state index contributed by atoms with van der Waals surface area (Å²) in [6, 6.07) is 14.1. The van der Waals surface area contributed by atoms with Gasteiger partial charge in [-0.3, -0.25) is 9.78 Å². The second-order valence-electron chi connectivity index (χ2n) is 8.90. The quantitative estimate of drug-likeness (QED) is 0.597. The number of aromatic nitrogens is 1. The standard InChI is InChI=1S/C25H26N2O5S/c1-16-6-9-22(32-18-10-13-31-15-18)20(14-16)25(11-12-25)24(28)27-33(29,30)23-5-3-4-21-19(23)8-7-17(2)26-21/h3-9,14,18H,10-13,15H2,1-2H3,(H,27,28)/t18-/m0/s1. The SMILES string of the molecule is Cc1ccc(O[C@H]2CCOC2)c(C2(C(=O)NS(=O)(=O)c3cccc4nc(C)ccc34)CC2)c1. The van der Waals surface area contributed by atoms with Crippen molar-refractivity contribution in [3.05, 3.63) is 65.4 Å². The van der Waals surface area contributed by atoms with Crippen molar-refractivity contribution in [3.63, 3.8) is 0 Å². The van der Waals surface area contributed by atoms with Gasteiger partial charge in [0.15, 0.2) is 0 Å². The lowest BCUT2D eigenvalue weighted by Gasteiger charge is -2.22. The van der Waals surface area contributed by atoms with Gasteiger partial charge in [-0.1, -0.05) is 23.8 Å². The fourth-order valence-electron chi connectivity index (χ4n) is 4.39. The van der Waals surface area contributed by atoms with Crippen LogP contribution in [0.5, 0.6) is 5.75 Å². The molecule has 1 aliphatic carbocycles. The van der Waals surface area contributed by atoms with Crippen molar-refractivity contribution < 1.29 is 22.7 Å². The van der Waals surface area contributed by atoms with Gasteiger partial charge >= 0.3 is 0 Å². The number of benzene rings is 2. The highest BCUT2D eigenvalue weighted by molar-refractivity contribution is 7.90. The molecule has 2 aliphatic rings. The third-order valence-corrected chi connectivity index (χ3v) is 7.75. The summed E-state index contributed by atoms with van der Waals surface area (Å²) in [5.41, 5.74) is 2.15. The minimum absolute atomic E-state index is 0.0421. The molecular weight excluding hydrogens is 440 g/mol. The van der Waals surface area contributed by atoms with Gasteiger partial charge in [0.25, 0.3) is 10.0 Å². The smallest absolute Gasteiger partial charge is 0.264 e. The van der Waals surface area contributed by atoms with Crippen LogP contribution in [-0.2, 0) is 25.0 Å². The average molecular weight is 467 g/mol. The number of rotatable bonds is 6. The first kappa shape index (κ1) is 21.9. The number of amides is 1. The first-order chi connectivity index (χ1) is 15.8. The van der Waals surface area contributed by atoms with Crippen molar-refractivity contribution in [2.24, 2.45) is 0 Å². The zero-order chi connectivity index (χ0) is 23.2. The Morgan fingerprint density at radius 3 is 2.70 bits per heavy atom. The fraction of sp³-hybridized carbons (Fsp3) is 0.360. The van der Waals surface area contributed by atoms with Crippen molar-refractivity contribution >= 4 is 26.8 Å². The summed E-state index contributed by atoms with van der Waals surface area (Å²) in [4.78, 5) is 17.9. The van der Waals surface area contributed by atoms with Crippen molar-refractivity contribution in [2.75, 3.05) is 13.2 Å². The van der Waals surface area contributed by atoms with Crippen LogP contribution >= 0.6 is 0 Å². The van der Waals surface area contributed by atoms with Crippen molar-refractivity contribution in [3.8, 4) is 5.75 Å². The number of fused-ring (bicyclic) bond motifs is 1. The fourth-order valence-corrected chi connectivity index (χ4v) is 5.66. The van der Waals surface area contributed by atoms with Gasteiger partial charge in [0.05, 0.1) is 29.0 Å². The Kier molecular flexibility index (Phi) is 5.37. The van der Waals surface area contributed by atoms with E-state index in [0.29, 0.717) is 42.7 Å². The lowest BCUT2D eigenvalue weighted by molar-refractivity contribution is -0.121. The Hall–Kier alpha value is -2.97. The normalized spacial score (nSPS) is 19.4. The predicted molar refractivity (Wildman–Crippen MR) is 124 cm³/mol. The molecule has 33 heavy (non-hydrogen) atoms. The highest BCUT2D eigenvalue weighted by Crippen LogP contribution is 2.52. The molecule has 1 aliphatic heterocycles. The molecule has 8 heteroatoms. The summed E-state index contributed by atoms with van der Waals surface area (Å²) in [7, 11) is -4.10. The lowest BCUT2D eigenvalue weighted by atomic mass is 9.93. The Morgan fingerprint density at radius 2 is 1.97 bits per heavy atom. The number of nitrogens with one attached hydrogen (secondary N) is 1. The Labute approximate surface area is 193 Å². The van der Waals surface area contributed by atoms with Gasteiger partial charge in [-0.05, 0) is 57.0 Å². The molecule has 172 valence electrons. The van der Waals surface area contributed by atoms with Gasteiger partial charge in [-0.2, -0.15) is 0 Å². The number of aryl methyl sites for hydroxylation is 2. The lowest BCUT2D eigenvalue weighted by Crippen LogP contribution is -2.39. The minimum atomic E-state index is -4.10. The summed E-state index contributed by atoms with van der Waals surface area (Å²) in [5, 5.41) is 0.481. The van der Waals surface area contributed by atoms with E-state index in [4.69, 9.17) is 9.47 Å². The second-order valence-corrected chi connectivity index (χ2v) is 10.5. The van der Waals surface area contributed by atoms with Crippen LogP contribution in [0.25, 0.3) is 10.9 Å². The van der Waals surface area contributed by atoms with Crippen LogP contribution in [0.15, 0.2) is 53.4 Å². The average Bonchev–Trinajstić information content (AvgIpc) is 3.44. The van der Waals surface area contributed by atoms with E-state index in [1.54, 1.807) is 24.3 Å². The zero-order valence-electron chi connectivity index (χ0n) is 18.6. The third kappa shape index (κ3) is 4.09. The summed E-state index contributed by atoms with van der Waals surface area (Å²) >= 11 is 0. The number of pyridine rings is 1. The number of carbonyl (C=O) groups excluding carboxylic acids is 1. The molecule has 2 heterocycles. The molecule has 7 nitrogen and oxygen atoms in total. The van der Waals surface area contributed by atoms with E-state index in [2.05, 4.69) is 9.71 Å². The molecular formula is C25H26N2O5S. The van der Waals surface area contributed by atoms with Crippen LogP contribution < -0.4 is 9.46 Å². The van der Waals surface area contributed by atoms with Gasteiger partial charge in [0, 0.05) is 23.1 Å². The molecule has 0 unspecified atom stereocenters. The van der Waals surface area contributed by atoms with Gasteiger partial charge in [0.1, 0.15) is 11.9 Å². The van der Waals surface area contributed by atoms with Crippen LogP contribution in [0.1, 0.15) is 36.1 Å². The van der Waals surface area contributed by atoms with Gasteiger partial charge in [0.2, 0.25) is 5.91 Å². The number of sulfonamides is 1. The summed E-state index contributed by atoms with van der Waals surface area (Å²) in [5.74, 6) is 0.0867. The molecule has 0 bridgehead atoms. The number of hydrogen-bond acceptors (Lipinski definition) is 6. The zero-order valence-corrected chi connectivity index (χ0v) is 19.4. The molecule has 1 saturated heterocycles. The molecule has 1 N–H and O–H groups in total. The van der Waals surface area contributed by atoms with Gasteiger partial charge < -0.3 is 9.47 Å². The molecule has 1 amide bonds. The summed E-state index contributed by atoms with van der Waals surface area (Å²) < 4.78 is 40.5. The first-order valence-electron chi connectivity index (χ1n) is 11.1. The summed E-state index contributed by atoms with van der Waals surface area (Å²) in [6.45, 7) is 4.95. The Morgan fingerprint density at radius 1 is 1.15 bits per heavy atom. The highest BCUT2D eigenvalue weighted by Gasteiger charge is 2.54. The summed E-state index contributed by atoms with van der Waals surface area (Å²) in [6.07, 6.45) is 1.84. The van der Waals surface area contributed by atoms with E-state index in [1.165, 1.54) is 6.07 Å². The number of ether oxygens (including phenoxy) is 2. The van der Waals surface area contributed by atoms with Crippen LogP contribution in [0, 0.1) is 13.8 Å². The maximum atomic E-state index is 13.4.